The van der Waals surface area contributed by atoms with Crippen LogP contribution in [0.3, 0.4) is 0 Å². The summed E-state index contributed by atoms with van der Waals surface area (Å²) in [5, 5.41) is 3.35. The van der Waals surface area contributed by atoms with E-state index in [0.29, 0.717) is 6.04 Å². The molecule has 0 atom stereocenters. The summed E-state index contributed by atoms with van der Waals surface area (Å²) in [6.07, 6.45) is 0. The molecule has 1 fully saturated rings. The maximum absolute atomic E-state index is 13.5. The van der Waals surface area contributed by atoms with Crippen LogP contribution in [-0.2, 0) is 0 Å². The Morgan fingerprint density at radius 3 is 1.84 bits per heavy atom. The summed E-state index contributed by atoms with van der Waals surface area (Å²) in [4.78, 5) is 13.9. The quantitative estimate of drug-likeness (QED) is 0.600. The minimum Gasteiger partial charge on any atom is -0.368 e. The maximum Gasteiger partial charge on any atom is 0.227 e. The number of hydrogen-bond donors (Lipinski definition) is 1. The zero-order valence-corrected chi connectivity index (χ0v) is 18.7. The van der Waals surface area contributed by atoms with Crippen molar-refractivity contribution in [3.05, 3.63) is 83.1 Å². The smallest absolute Gasteiger partial charge is 0.227 e. The van der Waals surface area contributed by atoms with Crippen LogP contribution in [0.2, 0.25) is 0 Å². The molecule has 4 rings (SSSR count). The summed E-state index contributed by atoms with van der Waals surface area (Å²) in [5.74, 6) is 1.03. The number of nitrogens with one attached hydrogen (secondary N) is 1. The van der Waals surface area contributed by atoms with E-state index < -0.39 is 0 Å². The highest BCUT2D eigenvalue weighted by atomic mass is 19.1. The van der Waals surface area contributed by atoms with Gasteiger partial charge in [-0.3, -0.25) is 4.90 Å². The highest BCUT2D eigenvalue weighted by molar-refractivity contribution is 5.44. The first-order valence-electron chi connectivity index (χ1n) is 11.0. The molecule has 0 radical (unpaired) electrons. The van der Waals surface area contributed by atoms with Crippen LogP contribution >= 0.6 is 0 Å². The minimum absolute atomic E-state index is 0.0741. The van der Waals surface area contributed by atoms with Gasteiger partial charge in [0.2, 0.25) is 5.95 Å². The van der Waals surface area contributed by atoms with Crippen LogP contribution in [0.4, 0.5) is 20.5 Å². The molecule has 0 aliphatic carbocycles. The Kier molecular flexibility index (Phi) is 6.65. The second-order valence-electron chi connectivity index (χ2n) is 8.52. The Balaban J connectivity index is 1.54. The zero-order valence-electron chi connectivity index (χ0n) is 18.7. The van der Waals surface area contributed by atoms with Gasteiger partial charge in [-0.05, 0) is 56.2 Å². The van der Waals surface area contributed by atoms with E-state index in [4.69, 9.17) is 4.98 Å². The van der Waals surface area contributed by atoms with Gasteiger partial charge in [0.1, 0.15) is 17.5 Å². The van der Waals surface area contributed by atoms with E-state index in [1.54, 1.807) is 0 Å². The van der Waals surface area contributed by atoms with Crippen molar-refractivity contribution in [1.82, 2.24) is 14.9 Å². The number of anilines is 2. The lowest BCUT2D eigenvalue weighted by Gasteiger charge is -2.40. The molecule has 7 heteroatoms. The highest BCUT2D eigenvalue weighted by Crippen LogP contribution is 2.30. The molecular weight excluding hydrogens is 408 g/mol. The Hall–Kier alpha value is -3.06. The minimum atomic E-state index is -0.265. The van der Waals surface area contributed by atoms with E-state index in [9.17, 15) is 8.78 Å². The summed E-state index contributed by atoms with van der Waals surface area (Å²) >= 11 is 0. The normalized spacial score (nSPS) is 14.9. The molecule has 1 aromatic heterocycles. The van der Waals surface area contributed by atoms with Crippen molar-refractivity contribution in [1.29, 1.82) is 0 Å². The standard InChI is InChI=1S/C25H29F2N5/c1-17(2)28-23-16-18(3)29-25(30-23)32-14-12-31(13-15-32)24(19-4-8-21(26)9-5-19)20-6-10-22(27)11-7-20/h4-11,16-17,24H,12-15H2,1-3H3,(H,28,29,30). The number of piperazine rings is 1. The first kappa shape index (κ1) is 22.1. The largest absolute Gasteiger partial charge is 0.368 e. The molecule has 0 unspecified atom stereocenters. The highest BCUT2D eigenvalue weighted by Gasteiger charge is 2.27. The number of hydrogen-bond acceptors (Lipinski definition) is 5. The van der Waals surface area contributed by atoms with Crippen molar-refractivity contribution in [3.8, 4) is 0 Å². The van der Waals surface area contributed by atoms with E-state index in [0.717, 1.165) is 54.8 Å². The fraction of sp³-hybridized carbons (Fsp3) is 0.360. The van der Waals surface area contributed by atoms with Crippen LogP contribution in [-0.4, -0.2) is 47.1 Å². The van der Waals surface area contributed by atoms with Crippen LogP contribution in [0.15, 0.2) is 54.6 Å². The van der Waals surface area contributed by atoms with E-state index in [-0.39, 0.29) is 17.7 Å². The topological polar surface area (TPSA) is 44.3 Å². The fourth-order valence-electron chi connectivity index (χ4n) is 4.15. The van der Waals surface area contributed by atoms with Crippen LogP contribution < -0.4 is 10.2 Å². The van der Waals surface area contributed by atoms with Gasteiger partial charge in [0.05, 0.1) is 6.04 Å². The molecule has 0 spiro atoms. The third kappa shape index (κ3) is 5.22. The van der Waals surface area contributed by atoms with Crippen LogP contribution in [0.1, 0.15) is 36.7 Å². The van der Waals surface area contributed by atoms with Crippen LogP contribution in [0, 0.1) is 18.6 Å². The lowest BCUT2D eigenvalue weighted by molar-refractivity contribution is 0.211. The second kappa shape index (κ2) is 9.61. The van der Waals surface area contributed by atoms with Crippen molar-refractivity contribution in [3.63, 3.8) is 0 Å². The van der Waals surface area contributed by atoms with E-state index >= 15 is 0 Å². The Morgan fingerprint density at radius 2 is 1.34 bits per heavy atom. The van der Waals surface area contributed by atoms with Crippen molar-refractivity contribution in [2.24, 2.45) is 0 Å². The molecule has 0 bridgehead atoms. The van der Waals surface area contributed by atoms with Crippen molar-refractivity contribution in [2.75, 3.05) is 36.4 Å². The van der Waals surface area contributed by atoms with Crippen LogP contribution in [0.5, 0.6) is 0 Å². The van der Waals surface area contributed by atoms with Crippen molar-refractivity contribution in [2.45, 2.75) is 32.9 Å². The van der Waals surface area contributed by atoms with E-state index in [1.165, 1.54) is 24.3 Å². The van der Waals surface area contributed by atoms with Crippen molar-refractivity contribution < 1.29 is 8.78 Å². The second-order valence-corrected chi connectivity index (χ2v) is 8.52. The Labute approximate surface area is 188 Å². The molecule has 168 valence electrons. The van der Waals surface area contributed by atoms with E-state index in [2.05, 4.69) is 33.9 Å². The van der Waals surface area contributed by atoms with Crippen molar-refractivity contribution >= 4 is 11.8 Å². The number of aryl methyl sites for hydroxylation is 1. The number of halogens is 2. The summed E-state index contributed by atoms with van der Waals surface area (Å²) < 4.78 is 27.1. The van der Waals surface area contributed by atoms with Gasteiger partial charge in [-0.15, -0.1) is 0 Å². The molecule has 2 heterocycles. The maximum atomic E-state index is 13.5. The van der Waals surface area contributed by atoms with E-state index in [1.807, 2.05) is 37.3 Å². The average molecular weight is 438 g/mol. The predicted molar refractivity (Wildman–Crippen MR) is 124 cm³/mol. The molecular formula is C25H29F2N5. The summed E-state index contributed by atoms with van der Waals surface area (Å²) in [6, 6.07) is 15.3. The number of nitrogens with zero attached hydrogens (tertiary/aromatic N) is 4. The molecule has 1 aliphatic heterocycles. The molecule has 0 saturated carbocycles. The molecule has 2 aromatic carbocycles. The van der Waals surface area contributed by atoms with Gasteiger partial charge in [0.25, 0.3) is 0 Å². The molecule has 3 aromatic rings. The molecule has 0 amide bonds. The van der Waals surface area contributed by atoms with Gasteiger partial charge in [-0.1, -0.05) is 24.3 Å². The summed E-state index contributed by atoms with van der Waals surface area (Å²) in [6.45, 7) is 9.24. The Bertz CT molecular complexity index is 984. The van der Waals surface area contributed by atoms with Crippen LogP contribution in [0.25, 0.3) is 0 Å². The van der Waals surface area contributed by atoms with Gasteiger partial charge in [-0.25, -0.2) is 13.8 Å². The van der Waals surface area contributed by atoms with Gasteiger partial charge in [0, 0.05) is 44.0 Å². The number of benzene rings is 2. The summed E-state index contributed by atoms with van der Waals surface area (Å²) in [7, 11) is 0. The molecule has 1 saturated heterocycles. The third-order valence-corrected chi connectivity index (χ3v) is 5.61. The molecule has 1 aliphatic rings. The lowest BCUT2D eigenvalue weighted by Crippen LogP contribution is -2.48. The number of aromatic nitrogens is 2. The Morgan fingerprint density at radius 1 is 0.812 bits per heavy atom. The first-order chi connectivity index (χ1) is 15.4. The SMILES string of the molecule is Cc1cc(NC(C)C)nc(N2CCN(C(c3ccc(F)cc3)c3ccc(F)cc3)CC2)n1. The van der Waals surface area contributed by atoms with Gasteiger partial charge >= 0.3 is 0 Å². The molecule has 32 heavy (non-hydrogen) atoms. The zero-order chi connectivity index (χ0) is 22.7. The third-order valence-electron chi connectivity index (χ3n) is 5.61. The van der Waals surface area contributed by atoms with Gasteiger partial charge in [0.15, 0.2) is 0 Å². The number of rotatable bonds is 6. The fourth-order valence-corrected chi connectivity index (χ4v) is 4.15. The first-order valence-corrected chi connectivity index (χ1v) is 11.0. The monoisotopic (exact) mass is 437 g/mol. The molecule has 1 N–H and O–H groups in total. The van der Waals surface area contributed by atoms with Gasteiger partial charge in [-0.2, -0.15) is 4.98 Å². The van der Waals surface area contributed by atoms with Gasteiger partial charge < -0.3 is 10.2 Å². The summed E-state index contributed by atoms with van der Waals surface area (Å²) in [5.41, 5.74) is 2.90. The molecule has 5 nitrogen and oxygen atoms in total. The lowest BCUT2D eigenvalue weighted by atomic mass is 9.96. The average Bonchev–Trinajstić information content (AvgIpc) is 2.76. The predicted octanol–water partition coefficient (Wildman–Crippen LogP) is 4.80.